The fourth-order valence-corrected chi connectivity index (χ4v) is 4.92. The zero-order chi connectivity index (χ0) is 25.1. The first-order valence-corrected chi connectivity index (χ1v) is 11.4. The van der Waals surface area contributed by atoms with E-state index in [4.69, 9.17) is 15.5 Å². The first-order valence-electron chi connectivity index (χ1n) is 11.4. The molecule has 0 fully saturated rings. The highest BCUT2D eigenvalue weighted by Gasteiger charge is 2.45. The number of nitrogens with one attached hydrogen (secondary N) is 1. The van der Waals surface area contributed by atoms with Crippen molar-refractivity contribution in [3.63, 3.8) is 0 Å². The SMILES string of the molecule is CC[C@@]1(O)C(=O)OCc2c1cc1n(c2=O)Cc2cc3c(CN(C)C)c(NC(=O)CN)ccc3nc2-1. The quantitative estimate of drug-likeness (QED) is 0.362. The summed E-state index contributed by atoms with van der Waals surface area (Å²) in [6, 6.07) is 7.31. The number of nitrogens with zero attached hydrogens (tertiary/aromatic N) is 3. The van der Waals surface area contributed by atoms with E-state index in [1.807, 2.05) is 31.1 Å². The molecule has 3 aromatic rings. The summed E-state index contributed by atoms with van der Waals surface area (Å²) in [5.74, 6) is -1.04. The molecule has 5 rings (SSSR count). The van der Waals surface area contributed by atoms with Gasteiger partial charge in [0.2, 0.25) is 5.91 Å². The third-order valence-electron chi connectivity index (χ3n) is 6.74. The molecule has 35 heavy (non-hydrogen) atoms. The number of rotatable bonds is 5. The van der Waals surface area contributed by atoms with Crippen LogP contribution in [0.5, 0.6) is 0 Å². The number of esters is 1. The van der Waals surface area contributed by atoms with E-state index in [2.05, 4.69) is 5.32 Å². The van der Waals surface area contributed by atoms with Gasteiger partial charge in [-0.05, 0) is 50.3 Å². The highest BCUT2D eigenvalue weighted by Crippen LogP contribution is 2.39. The molecule has 2 aliphatic rings. The summed E-state index contributed by atoms with van der Waals surface area (Å²) in [4.78, 5) is 44.6. The fourth-order valence-electron chi connectivity index (χ4n) is 4.92. The topological polar surface area (TPSA) is 140 Å². The molecule has 2 aromatic heterocycles. The first-order chi connectivity index (χ1) is 16.7. The van der Waals surface area contributed by atoms with Crippen LogP contribution in [0.1, 0.15) is 35.6 Å². The van der Waals surface area contributed by atoms with Crippen LogP contribution in [0.2, 0.25) is 0 Å². The number of hydrogen-bond donors (Lipinski definition) is 3. The number of fused-ring (bicyclic) bond motifs is 5. The maximum absolute atomic E-state index is 13.4. The third-order valence-corrected chi connectivity index (χ3v) is 6.74. The Morgan fingerprint density at radius 3 is 2.77 bits per heavy atom. The molecule has 0 saturated carbocycles. The van der Waals surface area contributed by atoms with Gasteiger partial charge in [0.1, 0.15) is 6.61 Å². The molecule has 4 N–H and O–H groups in total. The molecule has 4 heterocycles. The molecule has 0 radical (unpaired) electrons. The zero-order valence-electron chi connectivity index (χ0n) is 19.8. The Morgan fingerprint density at radius 1 is 1.31 bits per heavy atom. The summed E-state index contributed by atoms with van der Waals surface area (Å²) < 4.78 is 6.74. The summed E-state index contributed by atoms with van der Waals surface area (Å²) in [6.45, 7) is 2.25. The van der Waals surface area contributed by atoms with Crippen molar-refractivity contribution in [1.29, 1.82) is 0 Å². The number of anilines is 1. The Balaban J connectivity index is 1.71. The average molecular weight is 478 g/mol. The van der Waals surface area contributed by atoms with Crippen LogP contribution in [0.3, 0.4) is 0 Å². The molecular weight excluding hydrogens is 450 g/mol. The van der Waals surface area contributed by atoms with Gasteiger partial charge < -0.3 is 30.4 Å². The molecular formula is C25H27N5O5. The number of aromatic nitrogens is 2. The van der Waals surface area contributed by atoms with Crippen LogP contribution in [-0.2, 0) is 39.6 Å². The van der Waals surface area contributed by atoms with E-state index in [0.717, 1.165) is 16.5 Å². The van der Waals surface area contributed by atoms with Gasteiger partial charge in [0, 0.05) is 28.7 Å². The number of cyclic esters (lactones) is 1. The minimum Gasteiger partial charge on any atom is -0.458 e. The van der Waals surface area contributed by atoms with Crippen molar-refractivity contribution in [3.8, 4) is 11.4 Å². The molecule has 10 nitrogen and oxygen atoms in total. The van der Waals surface area contributed by atoms with Gasteiger partial charge in [-0.15, -0.1) is 0 Å². The standard InChI is InChI=1S/C25H27N5O5/c1-4-25(34)17-8-20-22-13(10-30(20)23(32)16(17)12-35-24(25)33)7-14-15(11-29(2)3)19(27-21(31)9-26)6-5-18(14)28-22/h5-8,34H,4,9-12,26H2,1-3H3,(H,27,31)/t25-/m0/s1. The van der Waals surface area contributed by atoms with Gasteiger partial charge in [0.05, 0.1) is 35.6 Å². The number of pyridine rings is 2. The van der Waals surface area contributed by atoms with Crippen molar-refractivity contribution in [3.05, 3.63) is 56.9 Å². The van der Waals surface area contributed by atoms with E-state index in [1.165, 1.54) is 0 Å². The van der Waals surface area contributed by atoms with Gasteiger partial charge >= 0.3 is 5.97 Å². The van der Waals surface area contributed by atoms with E-state index < -0.39 is 11.6 Å². The number of benzene rings is 1. The predicted molar refractivity (Wildman–Crippen MR) is 130 cm³/mol. The maximum atomic E-state index is 13.4. The minimum absolute atomic E-state index is 0.0882. The summed E-state index contributed by atoms with van der Waals surface area (Å²) >= 11 is 0. The lowest BCUT2D eigenvalue weighted by Gasteiger charge is -2.31. The van der Waals surface area contributed by atoms with Gasteiger partial charge in [0.25, 0.3) is 5.56 Å². The average Bonchev–Trinajstić information content (AvgIpc) is 3.19. The molecule has 0 unspecified atom stereocenters. The Morgan fingerprint density at radius 2 is 2.09 bits per heavy atom. The lowest BCUT2D eigenvalue weighted by atomic mass is 9.86. The van der Waals surface area contributed by atoms with Crippen molar-refractivity contribution in [1.82, 2.24) is 14.5 Å². The molecule has 2 aliphatic heterocycles. The molecule has 1 aromatic carbocycles. The molecule has 1 amide bonds. The normalized spacial score (nSPS) is 18.3. The largest absolute Gasteiger partial charge is 0.458 e. The molecule has 0 aliphatic carbocycles. The van der Waals surface area contributed by atoms with Crippen LogP contribution in [-0.4, -0.2) is 52.1 Å². The number of hydrogen-bond acceptors (Lipinski definition) is 8. The number of amides is 1. The van der Waals surface area contributed by atoms with E-state index in [-0.39, 0.29) is 42.2 Å². The number of carbonyl (C=O) groups excluding carboxylic acids is 2. The second-order valence-corrected chi connectivity index (χ2v) is 9.25. The number of ether oxygens (including phenoxy) is 1. The summed E-state index contributed by atoms with van der Waals surface area (Å²) in [6.07, 6.45) is 0.0882. The second-order valence-electron chi connectivity index (χ2n) is 9.25. The summed E-state index contributed by atoms with van der Waals surface area (Å²) in [5.41, 5.74) is 8.19. The number of aliphatic hydroxyl groups is 1. The van der Waals surface area contributed by atoms with Gasteiger partial charge in [-0.3, -0.25) is 9.59 Å². The van der Waals surface area contributed by atoms with Gasteiger partial charge in [0.15, 0.2) is 5.60 Å². The van der Waals surface area contributed by atoms with Gasteiger partial charge in [-0.25, -0.2) is 9.78 Å². The smallest absolute Gasteiger partial charge is 0.343 e. The molecule has 0 saturated heterocycles. The van der Waals surface area contributed by atoms with Crippen LogP contribution in [0, 0.1) is 0 Å². The van der Waals surface area contributed by atoms with E-state index >= 15 is 0 Å². The minimum atomic E-state index is -1.86. The van der Waals surface area contributed by atoms with Gasteiger partial charge in [-0.1, -0.05) is 6.92 Å². The third kappa shape index (κ3) is 3.53. The molecule has 0 bridgehead atoms. The van der Waals surface area contributed by atoms with Crippen LogP contribution in [0.15, 0.2) is 29.1 Å². The van der Waals surface area contributed by atoms with E-state index in [1.54, 1.807) is 23.6 Å². The Bertz CT molecular complexity index is 1460. The first kappa shape index (κ1) is 23.2. The van der Waals surface area contributed by atoms with E-state index in [0.29, 0.717) is 35.7 Å². The highest BCUT2D eigenvalue weighted by atomic mass is 16.6. The monoisotopic (exact) mass is 477 g/mol. The summed E-state index contributed by atoms with van der Waals surface area (Å²) in [7, 11) is 3.87. The van der Waals surface area contributed by atoms with E-state index in [9.17, 15) is 19.5 Å². The number of nitrogens with two attached hydrogens (primary N) is 1. The fraction of sp³-hybridized carbons (Fsp3) is 0.360. The van der Waals surface area contributed by atoms with Crippen molar-refractivity contribution in [2.45, 2.75) is 38.6 Å². The summed E-state index contributed by atoms with van der Waals surface area (Å²) in [5, 5.41) is 14.8. The van der Waals surface area contributed by atoms with Crippen molar-refractivity contribution >= 4 is 28.5 Å². The van der Waals surface area contributed by atoms with Crippen LogP contribution >= 0.6 is 0 Å². The molecule has 1 atom stereocenters. The van der Waals surface area contributed by atoms with Crippen LogP contribution in [0.4, 0.5) is 5.69 Å². The Hall–Kier alpha value is -3.60. The molecule has 0 spiro atoms. The lowest BCUT2D eigenvalue weighted by Crippen LogP contribution is -2.44. The number of carbonyl (C=O) groups is 2. The van der Waals surface area contributed by atoms with Crippen molar-refractivity contribution < 1.29 is 19.4 Å². The lowest BCUT2D eigenvalue weighted by molar-refractivity contribution is -0.172. The zero-order valence-corrected chi connectivity index (χ0v) is 19.8. The van der Waals surface area contributed by atoms with Crippen molar-refractivity contribution in [2.75, 3.05) is 26.0 Å². The van der Waals surface area contributed by atoms with Crippen molar-refractivity contribution in [2.24, 2.45) is 5.73 Å². The van der Waals surface area contributed by atoms with Gasteiger partial charge in [-0.2, -0.15) is 0 Å². The molecule has 182 valence electrons. The Kier molecular flexibility index (Phi) is 5.47. The Labute approximate surface area is 201 Å². The second kappa shape index (κ2) is 8.26. The predicted octanol–water partition coefficient (Wildman–Crippen LogP) is 1.04. The van der Waals surface area contributed by atoms with Crippen LogP contribution < -0.4 is 16.6 Å². The maximum Gasteiger partial charge on any atom is 0.343 e. The highest BCUT2D eigenvalue weighted by molar-refractivity contribution is 5.98. The molecule has 10 heteroatoms. The van der Waals surface area contributed by atoms with Crippen LogP contribution in [0.25, 0.3) is 22.3 Å².